The molecule has 7 heteroatoms. The average molecular weight is 396 g/mol. The van der Waals surface area contributed by atoms with Gasteiger partial charge in [0.05, 0.1) is 22.8 Å². The molecule has 0 spiro atoms. The maximum Gasteiger partial charge on any atom is 0.223 e. The van der Waals surface area contributed by atoms with E-state index in [0.29, 0.717) is 13.0 Å². The van der Waals surface area contributed by atoms with Crippen LogP contribution in [0.5, 0.6) is 5.75 Å². The highest BCUT2D eigenvalue weighted by Gasteiger charge is 2.20. The van der Waals surface area contributed by atoms with Gasteiger partial charge in [-0.05, 0) is 36.2 Å². The van der Waals surface area contributed by atoms with Gasteiger partial charge in [0.25, 0.3) is 0 Å². The van der Waals surface area contributed by atoms with E-state index < -0.39 is 9.84 Å². The summed E-state index contributed by atoms with van der Waals surface area (Å²) in [4.78, 5) is 13.8. The van der Waals surface area contributed by atoms with Crippen molar-refractivity contribution in [2.45, 2.75) is 17.7 Å². The van der Waals surface area contributed by atoms with Crippen LogP contribution in [0.1, 0.15) is 12.0 Å². The fourth-order valence-corrected chi connectivity index (χ4v) is 4.24. The van der Waals surface area contributed by atoms with E-state index in [2.05, 4.69) is 0 Å². The van der Waals surface area contributed by atoms with Crippen molar-refractivity contribution in [3.8, 4) is 5.75 Å². The molecular formula is C19H22ClNO4S. The van der Waals surface area contributed by atoms with Crippen molar-refractivity contribution in [3.63, 3.8) is 0 Å². The molecule has 0 bridgehead atoms. The van der Waals surface area contributed by atoms with Gasteiger partial charge in [0.15, 0.2) is 9.84 Å². The van der Waals surface area contributed by atoms with E-state index in [0.717, 1.165) is 11.3 Å². The van der Waals surface area contributed by atoms with Crippen LogP contribution < -0.4 is 4.74 Å². The normalized spacial score (nSPS) is 11.2. The summed E-state index contributed by atoms with van der Waals surface area (Å²) in [5, 5.41) is 0.174. The number of methoxy groups -OCH3 is 1. The van der Waals surface area contributed by atoms with Crippen molar-refractivity contribution < 1.29 is 17.9 Å². The minimum Gasteiger partial charge on any atom is -0.497 e. The summed E-state index contributed by atoms with van der Waals surface area (Å²) < 4.78 is 29.8. The van der Waals surface area contributed by atoms with E-state index in [9.17, 15) is 13.2 Å². The lowest BCUT2D eigenvalue weighted by Gasteiger charge is -2.17. The Morgan fingerprint density at radius 3 is 2.38 bits per heavy atom. The van der Waals surface area contributed by atoms with Gasteiger partial charge >= 0.3 is 0 Å². The SMILES string of the molecule is COc1ccc(CCN(C)C(=O)CCS(=O)(=O)c2ccccc2Cl)cc1. The number of benzene rings is 2. The van der Waals surface area contributed by atoms with Gasteiger partial charge in [0.1, 0.15) is 5.75 Å². The van der Waals surface area contributed by atoms with E-state index >= 15 is 0 Å². The van der Waals surface area contributed by atoms with Gasteiger partial charge in [-0.25, -0.2) is 8.42 Å². The van der Waals surface area contributed by atoms with Gasteiger partial charge in [-0.2, -0.15) is 0 Å². The standard InChI is InChI=1S/C19H22ClNO4S/c1-21(13-11-15-7-9-16(25-2)10-8-15)19(22)12-14-26(23,24)18-6-4-3-5-17(18)20/h3-10H,11-14H2,1-2H3. The summed E-state index contributed by atoms with van der Waals surface area (Å²) in [5.74, 6) is 0.305. The van der Waals surface area contributed by atoms with Crippen molar-refractivity contribution >= 4 is 27.3 Å². The summed E-state index contributed by atoms with van der Waals surface area (Å²) in [6.45, 7) is 0.511. The first-order valence-corrected chi connectivity index (χ1v) is 10.2. The highest BCUT2D eigenvalue weighted by Crippen LogP contribution is 2.22. The lowest BCUT2D eigenvalue weighted by molar-refractivity contribution is -0.129. The van der Waals surface area contributed by atoms with Crippen molar-refractivity contribution in [1.29, 1.82) is 0 Å². The van der Waals surface area contributed by atoms with Crippen molar-refractivity contribution in [2.24, 2.45) is 0 Å². The first-order valence-electron chi connectivity index (χ1n) is 8.17. The van der Waals surface area contributed by atoms with Crippen LogP contribution in [0, 0.1) is 0 Å². The van der Waals surface area contributed by atoms with Crippen LogP contribution in [0.3, 0.4) is 0 Å². The quantitative estimate of drug-likeness (QED) is 0.688. The molecule has 0 unspecified atom stereocenters. The van der Waals surface area contributed by atoms with Crippen LogP contribution in [0.4, 0.5) is 0 Å². The third kappa shape index (κ3) is 5.47. The molecule has 2 aromatic rings. The van der Waals surface area contributed by atoms with Crippen molar-refractivity contribution in [1.82, 2.24) is 4.90 Å². The second kappa shape index (κ2) is 9.05. The minimum absolute atomic E-state index is 0.0651. The first-order chi connectivity index (χ1) is 12.3. The zero-order valence-electron chi connectivity index (χ0n) is 14.8. The van der Waals surface area contributed by atoms with Crippen LogP contribution in [-0.2, 0) is 21.1 Å². The zero-order chi connectivity index (χ0) is 19.2. The summed E-state index contributed by atoms with van der Waals surface area (Å²) in [6, 6.07) is 13.9. The van der Waals surface area contributed by atoms with E-state index in [1.807, 2.05) is 24.3 Å². The Balaban J connectivity index is 1.87. The number of ether oxygens (including phenoxy) is 1. The molecule has 0 aromatic heterocycles. The second-order valence-electron chi connectivity index (χ2n) is 5.91. The Morgan fingerprint density at radius 2 is 1.77 bits per heavy atom. The first kappa shape index (κ1) is 20.3. The highest BCUT2D eigenvalue weighted by atomic mass is 35.5. The summed E-state index contributed by atoms with van der Waals surface area (Å²) in [6.07, 6.45) is 0.607. The van der Waals surface area contributed by atoms with Crippen molar-refractivity contribution in [3.05, 3.63) is 59.1 Å². The molecule has 0 saturated heterocycles. The summed E-state index contributed by atoms with van der Waals surface area (Å²) in [7, 11) is -0.304. The second-order valence-corrected chi connectivity index (χ2v) is 8.40. The van der Waals surface area contributed by atoms with Gasteiger partial charge in [-0.3, -0.25) is 4.79 Å². The molecule has 0 heterocycles. The number of nitrogens with zero attached hydrogens (tertiary/aromatic N) is 1. The summed E-state index contributed by atoms with van der Waals surface area (Å²) >= 11 is 5.94. The van der Waals surface area contributed by atoms with E-state index in [4.69, 9.17) is 16.3 Å². The Morgan fingerprint density at radius 1 is 1.12 bits per heavy atom. The number of rotatable bonds is 8. The summed E-state index contributed by atoms with van der Waals surface area (Å²) in [5.41, 5.74) is 1.08. The lowest BCUT2D eigenvalue weighted by atomic mass is 10.1. The molecule has 0 aliphatic carbocycles. The molecule has 0 radical (unpaired) electrons. The molecule has 5 nitrogen and oxygen atoms in total. The van der Waals surface area contributed by atoms with Gasteiger partial charge in [0.2, 0.25) is 5.91 Å². The third-order valence-electron chi connectivity index (χ3n) is 4.08. The Hall–Kier alpha value is -2.05. The molecule has 0 saturated carbocycles. The molecule has 0 N–H and O–H groups in total. The molecule has 0 fully saturated rings. The van der Waals surface area contributed by atoms with Crippen LogP contribution in [0.2, 0.25) is 5.02 Å². The van der Waals surface area contributed by atoms with E-state index in [-0.39, 0.29) is 28.0 Å². The Bertz CT molecular complexity index is 850. The molecule has 2 aromatic carbocycles. The topological polar surface area (TPSA) is 63.7 Å². The molecule has 0 aliphatic rings. The molecule has 26 heavy (non-hydrogen) atoms. The number of carbonyl (C=O) groups is 1. The minimum atomic E-state index is -3.59. The van der Waals surface area contributed by atoms with Crippen molar-refractivity contribution in [2.75, 3.05) is 26.5 Å². The average Bonchev–Trinajstić information content (AvgIpc) is 2.64. The van der Waals surface area contributed by atoms with Gasteiger partial charge < -0.3 is 9.64 Å². The van der Waals surface area contributed by atoms with Gasteiger partial charge in [-0.15, -0.1) is 0 Å². The van der Waals surface area contributed by atoms with Crippen LogP contribution in [-0.4, -0.2) is 45.7 Å². The van der Waals surface area contributed by atoms with Crippen LogP contribution in [0.25, 0.3) is 0 Å². The fraction of sp³-hybridized carbons (Fsp3) is 0.316. The third-order valence-corrected chi connectivity index (χ3v) is 6.29. The number of likely N-dealkylation sites (N-methyl/N-ethyl adjacent to an activating group) is 1. The Labute approximate surface area is 159 Å². The molecule has 0 atom stereocenters. The molecule has 2 rings (SSSR count). The zero-order valence-corrected chi connectivity index (χ0v) is 16.4. The molecule has 0 aliphatic heterocycles. The largest absolute Gasteiger partial charge is 0.497 e. The van der Waals surface area contributed by atoms with E-state index in [1.165, 1.54) is 12.1 Å². The smallest absolute Gasteiger partial charge is 0.223 e. The lowest BCUT2D eigenvalue weighted by Crippen LogP contribution is -2.30. The highest BCUT2D eigenvalue weighted by molar-refractivity contribution is 7.91. The monoisotopic (exact) mass is 395 g/mol. The molecule has 1 amide bonds. The maximum atomic E-state index is 12.4. The van der Waals surface area contributed by atoms with E-state index in [1.54, 1.807) is 31.2 Å². The van der Waals surface area contributed by atoms with Crippen LogP contribution in [0.15, 0.2) is 53.4 Å². The maximum absolute atomic E-state index is 12.4. The van der Waals surface area contributed by atoms with Gasteiger partial charge in [-0.1, -0.05) is 35.9 Å². The number of carbonyl (C=O) groups excluding carboxylic acids is 1. The number of halogens is 1. The molecule has 140 valence electrons. The number of hydrogen-bond donors (Lipinski definition) is 0. The van der Waals surface area contributed by atoms with Crippen LogP contribution >= 0.6 is 11.6 Å². The predicted molar refractivity (Wildman–Crippen MR) is 102 cm³/mol. The number of amides is 1. The number of hydrogen-bond acceptors (Lipinski definition) is 4. The van der Waals surface area contributed by atoms with Gasteiger partial charge in [0, 0.05) is 20.0 Å². The molecular weight excluding hydrogens is 374 g/mol. The predicted octanol–water partition coefficient (Wildman–Crippen LogP) is 3.21. The fourth-order valence-electron chi connectivity index (χ4n) is 2.43. The Kier molecular flexibility index (Phi) is 7.06. The number of sulfone groups is 1.